The summed E-state index contributed by atoms with van der Waals surface area (Å²) >= 11 is 3.52. The summed E-state index contributed by atoms with van der Waals surface area (Å²) in [6.45, 7) is 4.56. The Morgan fingerprint density at radius 3 is 2.38 bits per heavy atom. The largest absolute Gasteiger partial charge is 0.493 e. The summed E-state index contributed by atoms with van der Waals surface area (Å²) in [5.41, 5.74) is 10.3. The number of nitrogens with zero attached hydrogens (tertiary/aromatic N) is 1. The minimum Gasteiger partial charge on any atom is -0.493 e. The predicted octanol–water partition coefficient (Wildman–Crippen LogP) is 4.01. The molecule has 0 spiro atoms. The highest BCUT2D eigenvalue weighted by Crippen LogP contribution is 2.33. The predicted molar refractivity (Wildman–Crippen MR) is 102 cm³/mol. The second-order valence-electron chi connectivity index (χ2n) is 5.42. The molecule has 0 atom stereocenters. The number of aliphatic imine (C=N–C) groups is 1. The molecule has 0 bridgehead atoms. The van der Waals surface area contributed by atoms with Crippen LogP contribution in [0.3, 0.4) is 0 Å². The molecule has 2 rings (SSSR count). The Kier molecular flexibility index (Phi) is 6.09. The summed E-state index contributed by atoms with van der Waals surface area (Å²) in [5, 5.41) is 3.11. The first-order valence-electron chi connectivity index (χ1n) is 7.49. The third-order valence-electron chi connectivity index (χ3n) is 3.75. The van der Waals surface area contributed by atoms with Gasteiger partial charge in [0.1, 0.15) is 0 Å². The second-order valence-corrected chi connectivity index (χ2v) is 6.28. The van der Waals surface area contributed by atoms with Crippen LogP contribution < -0.4 is 20.5 Å². The summed E-state index contributed by atoms with van der Waals surface area (Å²) in [6, 6.07) is 9.82. The molecule has 0 aliphatic rings. The minimum absolute atomic E-state index is 0.361. The van der Waals surface area contributed by atoms with Crippen LogP contribution in [0.25, 0.3) is 0 Å². The van der Waals surface area contributed by atoms with Gasteiger partial charge in [-0.15, -0.1) is 0 Å². The van der Waals surface area contributed by atoms with Gasteiger partial charge in [-0.3, -0.25) is 0 Å². The first-order valence-corrected chi connectivity index (χ1v) is 8.28. The number of nitrogens with two attached hydrogens (primary N) is 1. The maximum absolute atomic E-state index is 5.99. The van der Waals surface area contributed by atoms with Crippen LogP contribution in [0.4, 0.5) is 5.69 Å². The summed E-state index contributed by atoms with van der Waals surface area (Å²) < 4.78 is 11.5. The Hall–Kier alpha value is -2.21. The lowest BCUT2D eigenvalue weighted by Gasteiger charge is -2.11. The number of aryl methyl sites for hydroxylation is 2. The van der Waals surface area contributed by atoms with E-state index in [1.54, 1.807) is 14.2 Å². The van der Waals surface area contributed by atoms with Crippen molar-refractivity contribution < 1.29 is 9.47 Å². The maximum Gasteiger partial charge on any atom is 0.193 e. The van der Waals surface area contributed by atoms with Crippen LogP contribution in [0.5, 0.6) is 11.5 Å². The first-order chi connectivity index (χ1) is 11.4. The number of guanidine groups is 1. The average Bonchev–Trinajstić information content (AvgIpc) is 2.56. The molecule has 0 amide bonds. The van der Waals surface area contributed by atoms with Crippen LogP contribution in [-0.4, -0.2) is 20.2 Å². The fraction of sp³-hybridized carbons (Fsp3) is 0.278. The van der Waals surface area contributed by atoms with Crippen LogP contribution in [0.15, 0.2) is 39.8 Å². The van der Waals surface area contributed by atoms with Gasteiger partial charge in [-0.05, 0) is 54.8 Å². The molecule has 128 valence electrons. The topological polar surface area (TPSA) is 68.9 Å². The van der Waals surface area contributed by atoms with Gasteiger partial charge in [-0.2, -0.15) is 0 Å². The average molecular weight is 392 g/mol. The maximum atomic E-state index is 5.99. The fourth-order valence-corrected chi connectivity index (χ4v) is 2.64. The van der Waals surface area contributed by atoms with E-state index in [4.69, 9.17) is 15.2 Å². The number of benzene rings is 2. The van der Waals surface area contributed by atoms with E-state index in [0.717, 1.165) is 15.7 Å². The van der Waals surface area contributed by atoms with Gasteiger partial charge in [-0.25, -0.2) is 4.99 Å². The molecule has 2 aromatic carbocycles. The normalized spacial score (nSPS) is 11.3. The summed E-state index contributed by atoms with van der Waals surface area (Å²) in [6.07, 6.45) is 0. The molecule has 0 radical (unpaired) electrons. The highest BCUT2D eigenvalue weighted by molar-refractivity contribution is 9.10. The zero-order chi connectivity index (χ0) is 17.7. The Bertz CT molecular complexity index is 760. The number of nitrogens with one attached hydrogen (secondary N) is 1. The zero-order valence-electron chi connectivity index (χ0n) is 14.3. The molecule has 3 N–H and O–H groups in total. The number of hydrogen-bond donors (Lipinski definition) is 2. The Morgan fingerprint density at radius 2 is 1.75 bits per heavy atom. The minimum atomic E-state index is 0.361. The molecule has 0 aliphatic carbocycles. The van der Waals surface area contributed by atoms with Crippen molar-refractivity contribution in [3.8, 4) is 11.5 Å². The van der Waals surface area contributed by atoms with Gasteiger partial charge in [0, 0.05) is 10.2 Å². The molecule has 5 nitrogen and oxygen atoms in total. The first kappa shape index (κ1) is 18.1. The van der Waals surface area contributed by atoms with Crippen molar-refractivity contribution in [3.63, 3.8) is 0 Å². The third-order valence-corrected chi connectivity index (χ3v) is 4.49. The van der Waals surface area contributed by atoms with Gasteiger partial charge in [0.2, 0.25) is 0 Å². The highest BCUT2D eigenvalue weighted by atomic mass is 79.9. The lowest BCUT2D eigenvalue weighted by molar-refractivity contribution is 0.354. The van der Waals surface area contributed by atoms with Crippen molar-refractivity contribution in [2.75, 3.05) is 19.5 Å². The van der Waals surface area contributed by atoms with Crippen molar-refractivity contribution in [3.05, 3.63) is 51.5 Å². The van der Waals surface area contributed by atoms with Crippen LogP contribution in [0.2, 0.25) is 0 Å². The van der Waals surface area contributed by atoms with Crippen molar-refractivity contribution in [1.82, 2.24) is 0 Å². The molecular weight excluding hydrogens is 370 g/mol. The third kappa shape index (κ3) is 4.41. The number of ether oxygens (including phenoxy) is 2. The van der Waals surface area contributed by atoms with E-state index in [9.17, 15) is 0 Å². The molecule has 0 fully saturated rings. The molecule has 0 aliphatic heterocycles. The molecular formula is C18H22BrN3O2. The standard InChI is InChI=1S/C18H22BrN3O2/c1-11-5-6-14(7-12(11)2)22-18(20)21-10-13-8-16(23-3)17(24-4)9-15(13)19/h5-9H,10H2,1-4H3,(H3,20,21,22). The van der Waals surface area contributed by atoms with Gasteiger partial charge < -0.3 is 20.5 Å². The lowest BCUT2D eigenvalue weighted by Crippen LogP contribution is -2.22. The zero-order valence-corrected chi connectivity index (χ0v) is 15.9. The molecule has 2 aromatic rings. The van der Waals surface area contributed by atoms with E-state index in [1.807, 2.05) is 24.3 Å². The molecule has 6 heteroatoms. The van der Waals surface area contributed by atoms with Crippen LogP contribution in [0, 0.1) is 13.8 Å². The Morgan fingerprint density at radius 1 is 1.08 bits per heavy atom. The number of anilines is 1. The summed E-state index contributed by atoms with van der Waals surface area (Å²) in [5.74, 6) is 1.69. The molecule has 0 unspecified atom stereocenters. The van der Waals surface area contributed by atoms with E-state index in [2.05, 4.69) is 46.2 Å². The quantitative estimate of drug-likeness (QED) is 0.596. The van der Waals surface area contributed by atoms with Crippen LogP contribution in [-0.2, 0) is 6.54 Å². The smallest absolute Gasteiger partial charge is 0.193 e. The number of halogens is 1. The van der Waals surface area contributed by atoms with E-state index in [1.165, 1.54) is 11.1 Å². The summed E-state index contributed by atoms with van der Waals surface area (Å²) in [4.78, 5) is 4.39. The second kappa shape index (κ2) is 8.06. The van der Waals surface area contributed by atoms with E-state index in [-0.39, 0.29) is 0 Å². The van der Waals surface area contributed by atoms with Crippen molar-refractivity contribution in [1.29, 1.82) is 0 Å². The van der Waals surface area contributed by atoms with Gasteiger partial charge in [0.05, 0.1) is 20.8 Å². The van der Waals surface area contributed by atoms with Gasteiger partial charge in [0.25, 0.3) is 0 Å². The van der Waals surface area contributed by atoms with Crippen molar-refractivity contribution in [2.24, 2.45) is 10.7 Å². The SMILES string of the molecule is COc1cc(Br)c(CN=C(N)Nc2ccc(C)c(C)c2)cc1OC. The lowest BCUT2D eigenvalue weighted by atomic mass is 10.1. The summed E-state index contributed by atoms with van der Waals surface area (Å²) in [7, 11) is 3.21. The van der Waals surface area contributed by atoms with Crippen LogP contribution in [0.1, 0.15) is 16.7 Å². The van der Waals surface area contributed by atoms with Gasteiger partial charge >= 0.3 is 0 Å². The molecule has 0 aromatic heterocycles. The Labute approximate surface area is 151 Å². The molecule has 0 saturated heterocycles. The van der Waals surface area contributed by atoms with Gasteiger partial charge in [-0.1, -0.05) is 22.0 Å². The van der Waals surface area contributed by atoms with E-state index >= 15 is 0 Å². The monoisotopic (exact) mass is 391 g/mol. The van der Waals surface area contributed by atoms with Gasteiger partial charge in [0.15, 0.2) is 17.5 Å². The molecule has 0 heterocycles. The molecule has 24 heavy (non-hydrogen) atoms. The van der Waals surface area contributed by atoms with Crippen LogP contribution >= 0.6 is 15.9 Å². The van der Waals surface area contributed by atoms with E-state index < -0.39 is 0 Å². The Balaban J connectivity index is 2.13. The van der Waals surface area contributed by atoms with Crippen molar-refractivity contribution >= 4 is 27.6 Å². The van der Waals surface area contributed by atoms with E-state index in [0.29, 0.717) is 24.0 Å². The fourth-order valence-electron chi connectivity index (χ4n) is 2.19. The number of hydrogen-bond acceptors (Lipinski definition) is 3. The number of methoxy groups -OCH3 is 2. The number of rotatable bonds is 5. The highest BCUT2D eigenvalue weighted by Gasteiger charge is 2.09. The van der Waals surface area contributed by atoms with Crippen molar-refractivity contribution in [2.45, 2.75) is 20.4 Å². The molecule has 0 saturated carbocycles.